The molecule has 0 fully saturated rings. The highest BCUT2D eigenvalue weighted by atomic mass is 16.4. The van der Waals surface area contributed by atoms with Gasteiger partial charge in [-0.15, -0.1) is 0 Å². The minimum Gasteiger partial charge on any atom is -0.409 e. The lowest BCUT2D eigenvalue weighted by molar-refractivity contribution is -0.124. The van der Waals surface area contributed by atoms with Crippen molar-refractivity contribution in [1.29, 1.82) is 0 Å². The van der Waals surface area contributed by atoms with Crippen LogP contribution in [-0.2, 0) is 4.79 Å². The predicted octanol–water partition coefficient (Wildman–Crippen LogP) is 2.51. The molecule has 0 aliphatic rings. The number of nitrogens with two attached hydrogens (primary N) is 1. The third-order valence-corrected chi connectivity index (χ3v) is 3.76. The van der Waals surface area contributed by atoms with E-state index in [1.54, 1.807) is 11.8 Å². The second-order valence-corrected chi connectivity index (χ2v) is 5.06. The SMILES string of the molecule is CCN(C(=O)C(C)(CC)/C(N)=N/O)c1ccc(C)cc1. The molecule has 110 valence electrons. The second kappa shape index (κ2) is 6.41. The third kappa shape index (κ3) is 2.92. The Kier molecular flexibility index (Phi) is 5.13. The average molecular weight is 277 g/mol. The first-order valence-corrected chi connectivity index (χ1v) is 6.77. The van der Waals surface area contributed by atoms with Gasteiger partial charge in [-0.1, -0.05) is 29.8 Å². The lowest BCUT2D eigenvalue weighted by Gasteiger charge is -2.32. The fourth-order valence-corrected chi connectivity index (χ4v) is 2.02. The molecule has 20 heavy (non-hydrogen) atoms. The number of aryl methyl sites for hydroxylation is 1. The molecule has 1 unspecified atom stereocenters. The Morgan fingerprint density at radius 3 is 2.30 bits per heavy atom. The highest BCUT2D eigenvalue weighted by molar-refractivity contribution is 6.12. The van der Waals surface area contributed by atoms with E-state index in [0.29, 0.717) is 13.0 Å². The summed E-state index contributed by atoms with van der Waals surface area (Å²) in [7, 11) is 0. The standard InChI is InChI=1S/C15H23N3O2/c1-5-15(4,13(16)17-20)14(19)18(6-2)12-9-7-11(3)8-10-12/h7-10,20H,5-6H2,1-4H3,(H2,16,17). The number of anilines is 1. The number of oxime groups is 1. The van der Waals surface area contributed by atoms with Crippen LogP contribution in [0.5, 0.6) is 0 Å². The van der Waals surface area contributed by atoms with Crippen molar-refractivity contribution in [2.75, 3.05) is 11.4 Å². The van der Waals surface area contributed by atoms with Gasteiger partial charge in [0.2, 0.25) is 5.91 Å². The summed E-state index contributed by atoms with van der Waals surface area (Å²) >= 11 is 0. The van der Waals surface area contributed by atoms with Crippen LogP contribution in [0.4, 0.5) is 5.69 Å². The number of carbonyl (C=O) groups excluding carboxylic acids is 1. The summed E-state index contributed by atoms with van der Waals surface area (Å²) in [4.78, 5) is 14.4. The van der Waals surface area contributed by atoms with Crippen molar-refractivity contribution in [3.8, 4) is 0 Å². The number of amidine groups is 1. The van der Waals surface area contributed by atoms with E-state index in [4.69, 9.17) is 10.9 Å². The maximum absolute atomic E-state index is 12.8. The van der Waals surface area contributed by atoms with Crippen LogP contribution in [0.25, 0.3) is 0 Å². The molecule has 0 bridgehead atoms. The molecule has 0 aliphatic heterocycles. The normalized spacial score (nSPS) is 14.7. The van der Waals surface area contributed by atoms with Gasteiger partial charge in [0.15, 0.2) is 5.84 Å². The van der Waals surface area contributed by atoms with Crippen LogP contribution in [0.2, 0.25) is 0 Å². The Bertz CT molecular complexity index is 496. The molecule has 1 amide bonds. The first kappa shape index (κ1) is 16.0. The largest absolute Gasteiger partial charge is 0.409 e. The van der Waals surface area contributed by atoms with Gasteiger partial charge in [0.05, 0.1) is 0 Å². The smallest absolute Gasteiger partial charge is 0.240 e. The molecule has 0 saturated carbocycles. The lowest BCUT2D eigenvalue weighted by Crippen LogP contribution is -2.49. The van der Waals surface area contributed by atoms with Crippen LogP contribution in [0.1, 0.15) is 32.8 Å². The minimum absolute atomic E-state index is 0.0597. The highest BCUT2D eigenvalue weighted by Gasteiger charge is 2.39. The van der Waals surface area contributed by atoms with Gasteiger partial charge in [0.25, 0.3) is 0 Å². The maximum Gasteiger partial charge on any atom is 0.240 e. The van der Waals surface area contributed by atoms with Crippen LogP contribution >= 0.6 is 0 Å². The zero-order valence-corrected chi connectivity index (χ0v) is 12.6. The van der Waals surface area contributed by atoms with Crippen molar-refractivity contribution < 1.29 is 10.0 Å². The van der Waals surface area contributed by atoms with Gasteiger partial charge in [0, 0.05) is 12.2 Å². The fraction of sp³-hybridized carbons (Fsp3) is 0.467. The Balaban J connectivity index is 3.17. The molecule has 0 spiro atoms. The van der Waals surface area contributed by atoms with Crippen LogP contribution in [0.3, 0.4) is 0 Å². The van der Waals surface area contributed by atoms with Crippen LogP contribution in [0, 0.1) is 12.3 Å². The predicted molar refractivity (Wildman–Crippen MR) is 81.0 cm³/mol. The summed E-state index contributed by atoms with van der Waals surface area (Å²) in [5, 5.41) is 11.9. The van der Waals surface area contributed by atoms with Gasteiger partial charge in [-0.05, 0) is 39.3 Å². The molecular formula is C15H23N3O2. The van der Waals surface area contributed by atoms with E-state index in [-0.39, 0.29) is 11.7 Å². The zero-order valence-electron chi connectivity index (χ0n) is 12.6. The van der Waals surface area contributed by atoms with E-state index in [0.717, 1.165) is 11.3 Å². The molecule has 0 heterocycles. The molecule has 0 aliphatic carbocycles. The number of benzene rings is 1. The number of amides is 1. The molecule has 0 aromatic heterocycles. The average Bonchev–Trinajstić information content (AvgIpc) is 2.47. The van der Waals surface area contributed by atoms with Crippen molar-refractivity contribution in [1.82, 2.24) is 0 Å². The van der Waals surface area contributed by atoms with E-state index in [1.165, 1.54) is 0 Å². The molecule has 0 saturated heterocycles. The molecule has 1 rings (SSSR count). The molecule has 0 radical (unpaired) electrons. The number of carbonyl (C=O) groups is 1. The minimum atomic E-state index is -1.00. The maximum atomic E-state index is 12.8. The molecule has 1 aromatic carbocycles. The van der Waals surface area contributed by atoms with Gasteiger partial charge in [-0.3, -0.25) is 4.79 Å². The summed E-state index contributed by atoms with van der Waals surface area (Å²) in [6.07, 6.45) is 0.462. The van der Waals surface area contributed by atoms with Crippen molar-refractivity contribution in [3.05, 3.63) is 29.8 Å². The van der Waals surface area contributed by atoms with E-state index < -0.39 is 5.41 Å². The van der Waals surface area contributed by atoms with Gasteiger partial charge in [-0.25, -0.2) is 0 Å². The van der Waals surface area contributed by atoms with Crippen LogP contribution in [-0.4, -0.2) is 23.5 Å². The van der Waals surface area contributed by atoms with Crippen molar-refractivity contribution in [2.24, 2.45) is 16.3 Å². The summed E-state index contributed by atoms with van der Waals surface area (Å²) < 4.78 is 0. The van der Waals surface area contributed by atoms with Gasteiger partial charge >= 0.3 is 0 Å². The van der Waals surface area contributed by atoms with E-state index in [9.17, 15) is 4.79 Å². The lowest BCUT2D eigenvalue weighted by atomic mass is 9.84. The molecule has 3 N–H and O–H groups in total. The van der Waals surface area contributed by atoms with Gasteiger partial charge in [-0.2, -0.15) is 0 Å². The molecule has 5 heteroatoms. The quantitative estimate of drug-likeness (QED) is 0.375. The van der Waals surface area contributed by atoms with Crippen LogP contribution < -0.4 is 10.6 Å². The number of hydrogen-bond acceptors (Lipinski definition) is 3. The summed E-state index contributed by atoms with van der Waals surface area (Å²) in [6, 6.07) is 7.72. The second-order valence-electron chi connectivity index (χ2n) is 5.06. The van der Waals surface area contributed by atoms with Gasteiger partial charge < -0.3 is 15.8 Å². The highest BCUT2D eigenvalue weighted by Crippen LogP contribution is 2.28. The topological polar surface area (TPSA) is 78.9 Å². The van der Waals surface area contributed by atoms with E-state index >= 15 is 0 Å². The Morgan fingerprint density at radius 1 is 1.35 bits per heavy atom. The van der Waals surface area contributed by atoms with Gasteiger partial charge in [0.1, 0.15) is 5.41 Å². The van der Waals surface area contributed by atoms with E-state index in [1.807, 2.05) is 45.0 Å². The van der Waals surface area contributed by atoms with E-state index in [2.05, 4.69) is 5.16 Å². The third-order valence-electron chi connectivity index (χ3n) is 3.76. The number of hydrogen-bond donors (Lipinski definition) is 2. The van der Waals surface area contributed by atoms with Crippen molar-refractivity contribution in [3.63, 3.8) is 0 Å². The Morgan fingerprint density at radius 2 is 1.90 bits per heavy atom. The Labute approximate surface area is 120 Å². The van der Waals surface area contributed by atoms with Crippen molar-refractivity contribution >= 4 is 17.4 Å². The summed E-state index contributed by atoms with van der Waals surface area (Å²) in [5.41, 5.74) is 6.65. The summed E-state index contributed by atoms with van der Waals surface area (Å²) in [6.45, 7) is 7.96. The zero-order chi connectivity index (χ0) is 15.3. The summed E-state index contributed by atoms with van der Waals surface area (Å²) in [5.74, 6) is -0.225. The fourth-order valence-electron chi connectivity index (χ4n) is 2.02. The molecule has 1 aromatic rings. The van der Waals surface area contributed by atoms with Crippen molar-refractivity contribution in [2.45, 2.75) is 34.1 Å². The first-order chi connectivity index (χ1) is 9.40. The monoisotopic (exact) mass is 277 g/mol. The Hall–Kier alpha value is -2.04. The molecular weight excluding hydrogens is 254 g/mol. The number of nitrogens with zero attached hydrogens (tertiary/aromatic N) is 2. The molecule has 1 atom stereocenters. The van der Waals surface area contributed by atoms with Crippen LogP contribution in [0.15, 0.2) is 29.4 Å². The number of rotatable bonds is 5. The molecule has 5 nitrogen and oxygen atoms in total. The first-order valence-electron chi connectivity index (χ1n) is 6.77.